The van der Waals surface area contributed by atoms with E-state index in [9.17, 15) is 0 Å². The Balaban J connectivity index is 0.000000173. The molecule has 25 heavy (non-hydrogen) atoms. The molecule has 0 unspecified atom stereocenters. The molecule has 0 N–H and O–H groups in total. The minimum atomic E-state index is 0. The largest absolute Gasteiger partial charge is 0.497 e. The normalized spacial score (nSPS) is 9.48. The summed E-state index contributed by atoms with van der Waals surface area (Å²) in [6, 6.07) is 26.5. The van der Waals surface area contributed by atoms with Crippen molar-refractivity contribution in [2.24, 2.45) is 0 Å². The van der Waals surface area contributed by atoms with E-state index in [1.54, 1.807) is 13.3 Å². The molecule has 3 aromatic carbocycles. The standard InChI is InChI=1S/C12H10.C9H8N2O.ClH/c1-3-7-11(8-4-1)12-9-5-2-6-10-12;1-12-8-2-3-9-7(4-8)5-10-6-11-9;/h1-10H;2-6H,1H3;1H. The fourth-order valence-electron chi connectivity index (χ4n) is 2.35. The van der Waals surface area contributed by atoms with Gasteiger partial charge >= 0.3 is 0 Å². The first-order chi connectivity index (χ1) is 11.9. The van der Waals surface area contributed by atoms with Crippen LogP contribution in [0.1, 0.15) is 0 Å². The Kier molecular flexibility index (Phi) is 6.93. The van der Waals surface area contributed by atoms with Crippen LogP contribution in [0, 0.1) is 0 Å². The van der Waals surface area contributed by atoms with Crippen LogP contribution < -0.4 is 4.74 Å². The Morgan fingerprint density at radius 1 is 0.760 bits per heavy atom. The molecule has 0 aliphatic rings. The SMILES string of the molecule is COc1ccc2ncncc2c1.Cl.c1ccc(-c2ccccc2)cc1. The van der Waals surface area contributed by atoms with Crippen LogP contribution in [-0.2, 0) is 0 Å². The highest BCUT2D eigenvalue weighted by molar-refractivity contribution is 5.85. The number of hydrogen-bond donors (Lipinski definition) is 0. The third kappa shape index (κ3) is 5.03. The molecular formula is C21H19ClN2O. The maximum Gasteiger partial charge on any atom is 0.119 e. The van der Waals surface area contributed by atoms with Gasteiger partial charge in [0.1, 0.15) is 12.1 Å². The van der Waals surface area contributed by atoms with E-state index in [0.717, 1.165) is 16.7 Å². The molecule has 4 heteroatoms. The minimum absolute atomic E-state index is 0. The average Bonchev–Trinajstić information content (AvgIpc) is 2.69. The fraction of sp³-hybridized carbons (Fsp3) is 0.0476. The second-order valence-electron chi connectivity index (χ2n) is 5.18. The molecule has 3 nitrogen and oxygen atoms in total. The van der Waals surface area contributed by atoms with Crippen LogP contribution in [0.5, 0.6) is 5.75 Å². The maximum atomic E-state index is 5.07. The van der Waals surface area contributed by atoms with Gasteiger partial charge in [-0.2, -0.15) is 0 Å². The summed E-state index contributed by atoms with van der Waals surface area (Å²) < 4.78 is 5.07. The lowest BCUT2D eigenvalue weighted by molar-refractivity contribution is 0.415. The van der Waals surface area contributed by atoms with Crippen LogP contribution in [0.25, 0.3) is 22.0 Å². The summed E-state index contributed by atoms with van der Waals surface area (Å²) in [5.74, 6) is 0.831. The number of ether oxygens (including phenoxy) is 1. The van der Waals surface area contributed by atoms with Gasteiger partial charge in [0, 0.05) is 11.6 Å². The second kappa shape index (κ2) is 9.40. The van der Waals surface area contributed by atoms with Crippen LogP contribution in [0.2, 0.25) is 0 Å². The van der Waals surface area contributed by atoms with Crippen LogP contribution in [-0.4, -0.2) is 17.1 Å². The molecule has 4 aromatic rings. The summed E-state index contributed by atoms with van der Waals surface area (Å²) in [6.45, 7) is 0. The lowest BCUT2D eigenvalue weighted by atomic mass is 10.1. The number of aromatic nitrogens is 2. The van der Waals surface area contributed by atoms with E-state index < -0.39 is 0 Å². The van der Waals surface area contributed by atoms with E-state index in [4.69, 9.17) is 4.74 Å². The summed E-state index contributed by atoms with van der Waals surface area (Å²) in [5, 5.41) is 0.997. The molecule has 0 saturated carbocycles. The number of hydrogen-bond acceptors (Lipinski definition) is 3. The number of methoxy groups -OCH3 is 1. The van der Waals surface area contributed by atoms with Gasteiger partial charge in [-0.15, -0.1) is 12.4 Å². The number of halogens is 1. The number of fused-ring (bicyclic) bond motifs is 1. The maximum absolute atomic E-state index is 5.07. The van der Waals surface area contributed by atoms with E-state index in [1.807, 2.05) is 30.3 Å². The van der Waals surface area contributed by atoms with Gasteiger partial charge in [-0.1, -0.05) is 60.7 Å². The summed E-state index contributed by atoms with van der Waals surface area (Å²) in [5.41, 5.74) is 3.49. The molecule has 1 heterocycles. The summed E-state index contributed by atoms with van der Waals surface area (Å²) >= 11 is 0. The van der Waals surface area contributed by atoms with Crippen molar-refractivity contribution < 1.29 is 4.74 Å². The van der Waals surface area contributed by atoms with Crippen LogP contribution in [0.4, 0.5) is 0 Å². The molecule has 0 aliphatic heterocycles. The number of rotatable bonds is 2. The zero-order valence-electron chi connectivity index (χ0n) is 13.9. The topological polar surface area (TPSA) is 35.0 Å². The summed E-state index contributed by atoms with van der Waals surface area (Å²) in [4.78, 5) is 8.01. The number of nitrogens with zero attached hydrogens (tertiary/aromatic N) is 2. The Hall–Kier alpha value is -2.91. The van der Waals surface area contributed by atoms with E-state index in [1.165, 1.54) is 17.5 Å². The van der Waals surface area contributed by atoms with E-state index in [-0.39, 0.29) is 12.4 Å². The van der Waals surface area contributed by atoms with Crippen molar-refractivity contribution in [2.45, 2.75) is 0 Å². The molecule has 0 aliphatic carbocycles. The van der Waals surface area contributed by atoms with E-state index >= 15 is 0 Å². The lowest BCUT2D eigenvalue weighted by Gasteiger charge is -1.99. The minimum Gasteiger partial charge on any atom is -0.497 e. The van der Waals surface area contributed by atoms with Crippen molar-refractivity contribution in [1.82, 2.24) is 9.97 Å². The monoisotopic (exact) mass is 350 g/mol. The molecule has 0 spiro atoms. The molecule has 126 valence electrons. The zero-order valence-corrected chi connectivity index (χ0v) is 14.7. The quantitative estimate of drug-likeness (QED) is 0.484. The lowest BCUT2D eigenvalue weighted by Crippen LogP contribution is -1.84. The van der Waals surface area contributed by atoms with Crippen molar-refractivity contribution in [2.75, 3.05) is 7.11 Å². The van der Waals surface area contributed by atoms with E-state index in [2.05, 4.69) is 58.5 Å². The molecule has 0 fully saturated rings. The van der Waals surface area contributed by atoms with Crippen LogP contribution in [0.3, 0.4) is 0 Å². The summed E-state index contributed by atoms with van der Waals surface area (Å²) in [6.07, 6.45) is 3.31. The number of benzene rings is 3. The summed E-state index contributed by atoms with van der Waals surface area (Å²) in [7, 11) is 1.64. The Bertz CT molecular complexity index is 861. The first kappa shape index (κ1) is 18.4. The average molecular weight is 351 g/mol. The highest BCUT2D eigenvalue weighted by Gasteiger charge is 1.95. The van der Waals surface area contributed by atoms with Gasteiger partial charge < -0.3 is 4.74 Å². The molecule has 0 bridgehead atoms. The van der Waals surface area contributed by atoms with Gasteiger partial charge in [0.15, 0.2) is 0 Å². The van der Waals surface area contributed by atoms with Gasteiger partial charge in [0.2, 0.25) is 0 Å². The molecule has 1 aromatic heterocycles. The Morgan fingerprint density at radius 2 is 1.36 bits per heavy atom. The van der Waals surface area contributed by atoms with Crippen molar-refractivity contribution in [3.05, 3.63) is 91.4 Å². The predicted molar refractivity (Wildman–Crippen MR) is 105 cm³/mol. The highest BCUT2D eigenvalue weighted by Crippen LogP contribution is 2.18. The first-order valence-corrected chi connectivity index (χ1v) is 7.71. The molecule has 0 radical (unpaired) electrons. The van der Waals surface area contributed by atoms with Crippen molar-refractivity contribution in [3.63, 3.8) is 0 Å². The van der Waals surface area contributed by atoms with Crippen molar-refractivity contribution >= 4 is 23.3 Å². The molecule has 0 atom stereocenters. The smallest absolute Gasteiger partial charge is 0.119 e. The first-order valence-electron chi connectivity index (χ1n) is 7.71. The zero-order chi connectivity index (χ0) is 16.6. The second-order valence-corrected chi connectivity index (χ2v) is 5.18. The van der Waals surface area contributed by atoms with Gasteiger partial charge in [-0.05, 0) is 29.3 Å². The predicted octanol–water partition coefficient (Wildman–Crippen LogP) is 5.41. The molecule has 0 amide bonds. The molecule has 0 saturated heterocycles. The van der Waals surface area contributed by atoms with Crippen LogP contribution in [0.15, 0.2) is 91.4 Å². The van der Waals surface area contributed by atoms with Gasteiger partial charge in [0.05, 0.1) is 12.6 Å². The third-order valence-corrected chi connectivity index (χ3v) is 3.59. The van der Waals surface area contributed by atoms with Gasteiger partial charge in [-0.3, -0.25) is 0 Å². The van der Waals surface area contributed by atoms with E-state index in [0.29, 0.717) is 0 Å². The highest BCUT2D eigenvalue weighted by atomic mass is 35.5. The molecular weight excluding hydrogens is 332 g/mol. The third-order valence-electron chi connectivity index (χ3n) is 3.59. The van der Waals surface area contributed by atoms with Gasteiger partial charge in [-0.25, -0.2) is 9.97 Å². The van der Waals surface area contributed by atoms with Crippen LogP contribution >= 0.6 is 12.4 Å². The Morgan fingerprint density at radius 3 is 1.92 bits per heavy atom. The fourth-order valence-corrected chi connectivity index (χ4v) is 2.35. The van der Waals surface area contributed by atoms with Crippen molar-refractivity contribution in [1.29, 1.82) is 0 Å². The van der Waals surface area contributed by atoms with Gasteiger partial charge in [0.25, 0.3) is 0 Å². The Labute approximate surface area is 153 Å². The van der Waals surface area contributed by atoms with Crippen molar-refractivity contribution in [3.8, 4) is 16.9 Å². The molecule has 4 rings (SSSR count).